The van der Waals surface area contributed by atoms with Crippen LogP contribution in [0.25, 0.3) is 0 Å². The van der Waals surface area contributed by atoms with Crippen LogP contribution in [0.4, 0.5) is 24.9 Å². The van der Waals surface area contributed by atoms with Crippen molar-refractivity contribution in [3.05, 3.63) is 45.4 Å². The summed E-state index contributed by atoms with van der Waals surface area (Å²) < 4.78 is 52.2. The van der Waals surface area contributed by atoms with Gasteiger partial charge in [0.15, 0.2) is 0 Å². The third-order valence-electron chi connectivity index (χ3n) is 5.40. The van der Waals surface area contributed by atoms with E-state index in [0.717, 1.165) is 4.90 Å². The minimum absolute atomic E-state index is 0.00618. The second-order valence-electron chi connectivity index (χ2n) is 7.66. The number of hydrogen-bond donors (Lipinski definition) is 1. The van der Waals surface area contributed by atoms with E-state index in [2.05, 4.69) is 15.0 Å². The minimum Gasteiger partial charge on any atom is -0.383 e. The molecule has 0 bridgehead atoms. The highest BCUT2D eigenvalue weighted by Gasteiger charge is 2.46. The molecule has 0 aromatic carbocycles. The summed E-state index contributed by atoms with van der Waals surface area (Å²) in [4.78, 5) is 36.2. The monoisotopic (exact) mass is 472 g/mol. The molecule has 0 radical (unpaired) electrons. The summed E-state index contributed by atoms with van der Waals surface area (Å²) in [5.41, 5.74) is -0.457. The maximum atomic E-state index is 13.5. The number of anilines is 2. The lowest BCUT2D eigenvalue weighted by molar-refractivity contribution is -0.153. The van der Waals surface area contributed by atoms with Crippen molar-refractivity contribution in [3.63, 3.8) is 0 Å². The highest BCUT2D eigenvalue weighted by atomic mass is 19.4. The molecule has 13 heteroatoms. The first-order chi connectivity index (χ1) is 15.7. The van der Waals surface area contributed by atoms with Gasteiger partial charge in [-0.1, -0.05) is 0 Å². The van der Waals surface area contributed by atoms with Crippen molar-refractivity contribution >= 4 is 11.8 Å². The number of ether oxygens (including phenoxy) is 2. The Bertz CT molecular complexity index is 1010. The fourth-order valence-corrected chi connectivity index (χ4v) is 3.76. The quantitative estimate of drug-likeness (QED) is 0.704. The number of H-pyrrole nitrogens is 1. The molecule has 2 aromatic rings. The Morgan fingerprint density at radius 3 is 2.67 bits per heavy atom. The molecule has 4 heterocycles. The highest BCUT2D eigenvalue weighted by molar-refractivity contribution is 5.47. The number of alkyl halides is 3. The molecular weight excluding hydrogens is 445 g/mol. The molecule has 1 fully saturated rings. The number of aromatic amines is 1. The summed E-state index contributed by atoms with van der Waals surface area (Å²) in [6.07, 6.45) is -1.80. The average molecular weight is 472 g/mol. The number of morpholine rings is 1. The summed E-state index contributed by atoms with van der Waals surface area (Å²) in [7, 11) is 1.43. The van der Waals surface area contributed by atoms with Crippen LogP contribution >= 0.6 is 0 Å². The molecular formula is C20H27F3N6O4. The summed E-state index contributed by atoms with van der Waals surface area (Å²) in [6.45, 7) is 3.56. The summed E-state index contributed by atoms with van der Waals surface area (Å²) in [6, 6.07) is 1.07. The van der Waals surface area contributed by atoms with E-state index in [1.165, 1.54) is 36.3 Å². The van der Waals surface area contributed by atoms with Crippen molar-refractivity contribution in [3.8, 4) is 0 Å². The third-order valence-corrected chi connectivity index (χ3v) is 5.40. The number of methoxy groups -OCH3 is 1. The average Bonchev–Trinajstić information content (AvgIpc) is 2.78. The maximum absolute atomic E-state index is 13.5. The van der Waals surface area contributed by atoms with Crippen LogP contribution in [0.1, 0.15) is 13.3 Å². The largest absolute Gasteiger partial charge is 0.408 e. The van der Waals surface area contributed by atoms with Gasteiger partial charge in [-0.05, 0) is 13.3 Å². The van der Waals surface area contributed by atoms with Gasteiger partial charge in [0.1, 0.15) is 11.9 Å². The number of nitrogens with zero attached hydrogens (tertiary/aromatic N) is 5. The molecule has 0 spiro atoms. The molecule has 2 atom stereocenters. The molecule has 33 heavy (non-hydrogen) atoms. The first kappa shape index (κ1) is 24.7. The van der Waals surface area contributed by atoms with E-state index in [9.17, 15) is 22.8 Å². The van der Waals surface area contributed by atoms with Crippen molar-refractivity contribution in [1.29, 1.82) is 0 Å². The predicted octanol–water partition coefficient (Wildman–Crippen LogP) is 1.03. The van der Waals surface area contributed by atoms with Gasteiger partial charge < -0.3 is 24.3 Å². The Hall–Kier alpha value is -2.93. The first-order valence-corrected chi connectivity index (χ1v) is 10.5. The van der Waals surface area contributed by atoms with Crippen molar-refractivity contribution in [2.45, 2.75) is 38.1 Å². The Morgan fingerprint density at radius 1 is 1.30 bits per heavy atom. The lowest BCUT2D eigenvalue weighted by Gasteiger charge is -2.40. The van der Waals surface area contributed by atoms with Gasteiger partial charge in [0.05, 0.1) is 32.2 Å². The molecule has 2 aliphatic heterocycles. The fourth-order valence-electron chi connectivity index (χ4n) is 3.76. The van der Waals surface area contributed by atoms with Gasteiger partial charge in [0.25, 0.3) is 11.1 Å². The number of halogens is 3. The summed E-state index contributed by atoms with van der Waals surface area (Å²) in [5, 5.41) is 0. The van der Waals surface area contributed by atoms with Gasteiger partial charge >= 0.3 is 6.18 Å². The van der Waals surface area contributed by atoms with Crippen LogP contribution in [0.2, 0.25) is 0 Å². The van der Waals surface area contributed by atoms with Crippen LogP contribution in [0.3, 0.4) is 0 Å². The number of hydrogen-bond acceptors (Lipinski definition) is 8. The van der Waals surface area contributed by atoms with Gasteiger partial charge in [-0.3, -0.25) is 14.2 Å². The van der Waals surface area contributed by atoms with Crippen LogP contribution in [0, 0.1) is 0 Å². The van der Waals surface area contributed by atoms with Crippen molar-refractivity contribution in [2.75, 3.05) is 49.8 Å². The SMILES string of the molecule is COCCN1c2nc(N3CCOC[C@H]3C)cc(=O)n2CC[C@H]1C(F)(F)F.O=c1ccnc[nH]1. The molecule has 0 aliphatic carbocycles. The zero-order valence-electron chi connectivity index (χ0n) is 18.4. The zero-order valence-corrected chi connectivity index (χ0v) is 18.4. The Morgan fingerprint density at radius 2 is 2.09 bits per heavy atom. The van der Waals surface area contributed by atoms with Gasteiger partial charge in [-0.15, -0.1) is 0 Å². The van der Waals surface area contributed by atoms with Crippen LogP contribution in [-0.2, 0) is 16.0 Å². The lowest BCUT2D eigenvalue weighted by Crippen LogP contribution is -2.54. The number of rotatable bonds is 4. The van der Waals surface area contributed by atoms with E-state index in [4.69, 9.17) is 9.47 Å². The van der Waals surface area contributed by atoms with Crippen LogP contribution < -0.4 is 20.9 Å². The van der Waals surface area contributed by atoms with E-state index in [1.807, 2.05) is 11.8 Å². The molecule has 2 aromatic heterocycles. The van der Waals surface area contributed by atoms with Crippen molar-refractivity contribution < 1.29 is 22.6 Å². The van der Waals surface area contributed by atoms with E-state index < -0.39 is 12.2 Å². The fraction of sp³-hybridized carbons (Fsp3) is 0.600. The molecule has 4 rings (SSSR count). The molecule has 1 N–H and O–H groups in total. The zero-order chi connectivity index (χ0) is 24.0. The second-order valence-corrected chi connectivity index (χ2v) is 7.66. The second kappa shape index (κ2) is 10.8. The van der Waals surface area contributed by atoms with Crippen molar-refractivity contribution in [2.24, 2.45) is 0 Å². The molecule has 2 aliphatic rings. The highest BCUT2D eigenvalue weighted by Crippen LogP contribution is 2.34. The van der Waals surface area contributed by atoms with E-state index >= 15 is 0 Å². The number of aromatic nitrogens is 4. The topological polar surface area (TPSA) is 106 Å². The Kier molecular flexibility index (Phi) is 8.08. The standard InChI is InChI=1S/C16H23F3N4O3.C4H4N2O/c1-11-10-26-8-6-21(11)13-9-14(24)23-4-3-12(16(17,18)19)22(5-7-25-2)15(23)20-13;7-4-1-2-5-3-6-4/h9,11-12H,3-8,10H2,1-2H3;1-3H,(H,5,6,7)/t11-,12+;/m1./s1. The predicted molar refractivity (Wildman–Crippen MR) is 115 cm³/mol. The Balaban J connectivity index is 0.000000374. The Labute approximate surface area is 188 Å². The normalized spacial score (nSPS) is 20.6. The molecule has 182 valence electrons. The van der Waals surface area contributed by atoms with E-state index in [0.29, 0.717) is 25.6 Å². The minimum atomic E-state index is -4.40. The first-order valence-electron chi connectivity index (χ1n) is 10.5. The van der Waals surface area contributed by atoms with Crippen LogP contribution in [0.5, 0.6) is 0 Å². The van der Waals surface area contributed by atoms with Gasteiger partial charge in [0.2, 0.25) is 5.95 Å². The maximum Gasteiger partial charge on any atom is 0.408 e. The number of fused-ring (bicyclic) bond motifs is 1. The van der Waals surface area contributed by atoms with Crippen LogP contribution in [-0.4, -0.2) is 77.8 Å². The third kappa shape index (κ3) is 6.11. The van der Waals surface area contributed by atoms with Gasteiger partial charge in [-0.2, -0.15) is 18.2 Å². The molecule has 0 unspecified atom stereocenters. The lowest BCUT2D eigenvalue weighted by atomic mass is 10.1. The van der Waals surface area contributed by atoms with E-state index in [-0.39, 0.29) is 49.2 Å². The van der Waals surface area contributed by atoms with Crippen LogP contribution in [0.15, 0.2) is 34.2 Å². The molecule has 0 amide bonds. The smallest absolute Gasteiger partial charge is 0.383 e. The molecule has 10 nitrogen and oxygen atoms in total. The number of nitrogens with one attached hydrogen (secondary N) is 1. The van der Waals surface area contributed by atoms with Crippen molar-refractivity contribution in [1.82, 2.24) is 19.5 Å². The molecule has 1 saturated heterocycles. The molecule has 0 saturated carbocycles. The van der Waals surface area contributed by atoms with Gasteiger partial charge in [-0.25, -0.2) is 4.98 Å². The van der Waals surface area contributed by atoms with Gasteiger partial charge in [0, 0.05) is 45.1 Å². The van der Waals surface area contributed by atoms with E-state index in [1.54, 1.807) is 0 Å². The summed E-state index contributed by atoms with van der Waals surface area (Å²) >= 11 is 0. The summed E-state index contributed by atoms with van der Waals surface area (Å²) in [5.74, 6) is 0.444.